The van der Waals surface area contributed by atoms with Crippen molar-refractivity contribution in [2.45, 2.75) is 0 Å². The lowest BCUT2D eigenvalue weighted by atomic mass is 10.3. The minimum Gasteiger partial charge on any atom is -0.359 e. The van der Waals surface area contributed by atoms with Crippen molar-refractivity contribution in [1.29, 1.82) is 0 Å². The Hall–Kier alpha value is -2.01. The molecule has 2 aromatic heterocycles. The van der Waals surface area contributed by atoms with E-state index < -0.39 is 0 Å². The van der Waals surface area contributed by atoms with Gasteiger partial charge in [0.1, 0.15) is 14.5 Å². The van der Waals surface area contributed by atoms with E-state index in [-0.39, 0.29) is 0 Å². The molecule has 0 amide bonds. The second-order valence-electron chi connectivity index (χ2n) is 4.42. The van der Waals surface area contributed by atoms with Gasteiger partial charge in [0.25, 0.3) is 0 Å². The molecule has 0 atom stereocenters. The molecule has 1 aliphatic rings. The molecule has 0 bridgehead atoms. The Morgan fingerprint density at radius 1 is 1.27 bits per heavy atom. The van der Waals surface area contributed by atoms with Crippen molar-refractivity contribution in [2.24, 2.45) is 7.05 Å². The SMILES string of the molecule is Cn1cc(C2=CNC(I)=C(Nc3ccns3)NC=CN2)cn1. The zero-order valence-electron chi connectivity index (χ0n) is 11.7. The first kappa shape index (κ1) is 14.9. The van der Waals surface area contributed by atoms with Crippen LogP contribution in [0.4, 0.5) is 5.00 Å². The molecule has 0 fully saturated rings. The van der Waals surface area contributed by atoms with Crippen molar-refractivity contribution in [3.05, 3.63) is 58.3 Å². The van der Waals surface area contributed by atoms with Crippen LogP contribution >= 0.6 is 34.1 Å². The molecule has 9 heteroatoms. The molecule has 1 aliphatic heterocycles. The fourth-order valence-electron chi connectivity index (χ4n) is 1.79. The van der Waals surface area contributed by atoms with E-state index in [0.717, 1.165) is 25.8 Å². The lowest BCUT2D eigenvalue weighted by Gasteiger charge is -2.11. The first-order valence-corrected chi connectivity index (χ1v) is 8.29. The summed E-state index contributed by atoms with van der Waals surface area (Å²) in [6.07, 6.45) is 11.1. The van der Waals surface area contributed by atoms with Crippen LogP contribution < -0.4 is 21.3 Å². The third kappa shape index (κ3) is 3.60. The van der Waals surface area contributed by atoms with E-state index in [2.05, 4.69) is 53.3 Å². The lowest BCUT2D eigenvalue weighted by Crippen LogP contribution is -2.18. The Morgan fingerprint density at radius 3 is 2.86 bits per heavy atom. The molecule has 3 rings (SSSR count). The molecule has 0 unspecified atom stereocenters. The first-order chi connectivity index (χ1) is 10.7. The Balaban J connectivity index is 1.83. The van der Waals surface area contributed by atoms with Gasteiger partial charge in [-0.3, -0.25) is 4.68 Å². The molecule has 0 radical (unpaired) electrons. The second kappa shape index (κ2) is 6.83. The third-order valence-electron chi connectivity index (χ3n) is 2.81. The predicted molar refractivity (Wildman–Crippen MR) is 96.5 cm³/mol. The molecule has 2 aromatic rings. The van der Waals surface area contributed by atoms with Gasteiger partial charge < -0.3 is 21.3 Å². The summed E-state index contributed by atoms with van der Waals surface area (Å²) in [6.45, 7) is 0. The largest absolute Gasteiger partial charge is 0.359 e. The van der Waals surface area contributed by atoms with Crippen LogP contribution in [0.5, 0.6) is 0 Å². The average Bonchev–Trinajstić information content (AvgIpc) is 3.16. The number of nitrogens with zero attached hydrogens (tertiary/aromatic N) is 3. The molecule has 114 valence electrons. The maximum Gasteiger partial charge on any atom is 0.139 e. The summed E-state index contributed by atoms with van der Waals surface area (Å²) in [7, 11) is 1.89. The van der Waals surface area contributed by atoms with E-state index in [1.165, 1.54) is 11.5 Å². The maximum atomic E-state index is 4.19. The monoisotopic (exact) mass is 427 g/mol. The molecular weight excluding hydrogens is 413 g/mol. The van der Waals surface area contributed by atoms with Crippen molar-refractivity contribution in [3.8, 4) is 0 Å². The van der Waals surface area contributed by atoms with Gasteiger partial charge in [-0.1, -0.05) is 0 Å². The van der Waals surface area contributed by atoms with Crippen LogP contribution in [0.25, 0.3) is 5.70 Å². The van der Waals surface area contributed by atoms with Crippen LogP contribution in [0.3, 0.4) is 0 Å². The summed E-state index contributed by atoms with van der Waals surface area (Å²) in [5, 5.41) is 18.2. The van der Waals surface area contributed by atoms with Gasteiger partial charge in [0.05, 0.1) is 11.9 Å². The Morgan fingerprint density at radius 2 is 2.14 bits per heavy atom. The number of rotatable bonds is 3. The molecule has 0 aliphatic carbocycles. The number of aryl methyl sites for hydroxylation is 1. The molecule has 4 N–H and O–H groups in total. The molecule has 0 spiro atoms. The fraction of sp³-hybridized carbons (Fsp3) is 0.0769. The van der Waals surface area contributed by atoms with Crippen molar-refractivity contribution < 1.29 is 0 Å². The summed E-state index contributed by atoms with van der Waals surface area (Å²) in [5.41, 5.74) is 1.93. The Bertz CT molecular complexity index is 729. The minimum absolute atomic E-state index is 0.853. The van der Waals surface area contributed by atoms with E-state index in [1.54, 1.807) is 10.9 Å². The van der Waals surface area contributed by atoms with E-state index in [9.17, 15) is 0 Å². The smallest absolute Gasteiger partial charge is 0.139 e. The van der Waals surface area contributed by atoms with Gasteiger partial charge in [-0.15, -0.1) is 0 Å². The van der Waals surface area contributed by atoms with Crippen LogP contribution in [0.1, 0.15) is 5.56 Å². The maximum absolute atomic E-state index is 4.19. The van der Waals surface area contributed by atoms with Crippen LogP contribution in [-0.4, -0.2) is 14.2 Å². The molecule has 7 nitrogen and oxygen atoms in total. The van der Waals surface area contributed by atoms with E-state index in [0.29, 0.717) is 0 Å². The normalized spacial score (nSPS) is 14.9. The summed E-state index contributed by atoms with van der Waals surface area (Å²) in [5.74, 6) is 0.853. The zero-order chi connectivity index (χ0) is 15.4. The van der Waals surface area contributed by atoms with Gasteiger partial charge in [-0.25, -0.2) is 0 Å². The number of hydrogen-bond donors (Lipinski definition) is 4. The Labute approximate surface area is 145 Å². The molecule has 0 saturated carbocycles. The van der Waals surface area contributed by atoms with Crippen molar-refractivity contribution >= 4 is 44.8 Å². The van der Waals surface area contributed by atoms with Gasteiger partial charge in [0, 0.05) is 43.6 Å². The zero-order valence-corrected chi connectivity index (χ0v) is 14.6. The van der Waals surface area contributed by atoms with Crippen molar-refractivity contribution in [2.75, 3.05) is 5.32 Å². The summed E-state index contributed by atoms with van der Waals surface area (Å²) >= 11 is 3.64. The number of halogens is 1. The quantitative estimate of drug-likeness (QED) is 0.444. The lowest BCUT2D eigenvalue weighted by molar-refractivity contribution is 0.767. The summed E-state index contributed by atoms with van der Waals surface area (Å²) in [4.78, 5) is 0. The summed E-state index contributed by atoms with van der Waals surface area (Å²) < 4.78 is 6.78. The third-order valence-corrected chi connectivity index (χ3v) is 4.33. The number of aromatic nitrogens is 3. The standard InChI is InChI=1S/C13H14IN7S/c1-21-8-9(6-18-21)10-7-17-12(14)13(16-5-4-15-10)20-11-2-3-19-22-11/h2-8,15-17,20H,1H3. The number of hydrogen-bond acceptors (Lipinski definition) is 7. The van der Waals surface area contributed by atoms with Crippen LogP contribution in [0.2, 0.25) is 0 Å². The number of anilines is 1. The highest BCUT2D eigenvalue weighted by atomic mass is 127. The van der Waals surface area contributed by atoms with Crippen LogP contribution in [0, 0.1) is 0 Å². The highest BCUT2D eigenvalue weighted by molar-refractivity contribution is 14.1. The topological polar surface area (TPSA) is 78.8 Å². The minimum atomic E-state index is 0.853. The molecule has 0 aromatic carbocycles. The number of nitrogens with one attached hydrogen (secondary N) is 4. The molecule has 3 heterocycles. The first-order valence-electron chi connectivity index (χ1n) is 6.43. The fourth-order valence-corrected chi connectivity index (χ4v) is 2.74. The highest BCUT2D eigenvalue weighted by Crippen LogP contribution is 2.18. The molecule has 22 heavy (non-hydrogen) atoms. The molecular formula is C13H14IN7S. The van der Waals surface area contributed by atoms with Crippen LogP contribution in [0.15, 0.2) is 52.8 Å². The van der Waals surface area contributed by atoms with Gasteiger partial charge in [-0.2, -0.15) is 9.47 Å². The van der Waals surface area contributed by atoms with E-state index in [4.69, 9.17) is 0 Å². The second-order valence-corrected chi connectivity index (χ2v) is 6.33. The van der Waals surface area contributed by atoms with Gasteiger partial charge in [0.2, 0.25) is 0 Å². The highest BCUT2D eigenvalue weighted by Gasteiger charge is 2.08. The van der Waals surface area contributed by atoms with Crippen molar-refractivity contribution in [1.82, 2.24) is 30.1 Å². The van der Waals surface area contributed by atoms with E-state index >= 15 is 0 Å². The Kier molecular flexibility index (Phi) is 4.63. The van der Waals surface area contributed by atoms with Crippen molar-refractivity contribution in [3.63, 3.8) is 0 Å². The van der Waals surface area contributed by atoms with Crippen LogP contribution in [-0.2, 0) is 7.05 Å². The predicted octanol–water partition coefficient (Wildman–Crippen LogP) is 2.10. The van der Waals surface area contributed by atoms with Gasteiger partial charge >= 0.3 is 0 Å². The van der Waals surface area contributed by atoms with E-state index in [1.807, 2.05) is 44.1 Å². The van der Waals surface area contributed by atoms with Gasteiger partial charge in [0.15, 0.2) is 0 Å². The summed E-state index contributed by atoms with van der Waals surface area (Å²) in [6, 6.07) is 1.93. The average molecular weight is 427 g/mol. The molecule has 0 saturated heterocycles. The van der Waals surface area contributed by atoms with Gasteiger partial charge in [-0.05, 0) is 40.2 Å².